The molecule has 4 N–H and O–H groups in total. The van der Waals surface area contributed by atoms with Gasteiger partial charge in [0, 0.05) is 22.0 Å². The van der Waals surface area contributed by atoms with E-state index in [0.717, 1.165) is 22.3 Å². The zero-order valence-electron chi connectivity index (χ0n) is 21.7. The number of halogens is 6. The Morgan fingerprint density at radius 2 is 0.575 bits per heavy atom. The molecule has 0 aliphatic carbocycles. The third kappa shape index (κ3) is 5.78. The van der Waals surface area contributed by atoms with Gasteiger partial charge in [-0.3, -0.25) is 0 Å². The monoisotopic (exact) mass is 922 g/mol. The molecular weight excluding hydrogens is 904 g/mol. The first-order valence-electron chi connectivity index (χ1n) is 11.9. The molecule has 0 aliphatic heterocycles. The molecule has 4 rings (SSSR count). The molecule has 4 aromatic rings. The molecule has 40 heavy (non-hydrogen) atoms. The number of benzene rings is 4. The highest BCUT2D eigenvalue weighted by Gasteiger charge is 2.30. The zero-order valence-corrected chi connectivity index (χ0v) is 31.2. The van der Waals surface area contributed by atoms with Gasteiger partial charge in [-0.05, 0) is 166 Å². The molecule has 0 spiro atoms. The summed E-state index contributed by atoms with van der Waals surface area (Å²) in [5.41, 5.74) is 3.44. The molecule has 0 bridgehead atoms. The number of phenolic OH excluding ortho intramolecular Hbond substituents is 4. The molecule has 4 aromatic carbocycles. The number of aromatic hydroxyl groups is 4. The van der Waals surface area contributed by atoms with Gasteiger partial charge in [0.2, 0.25) is 0 Å². The number of hydrogen-bond acceptors (Lipinski definition) is 4. The van der Waals surface area contributed by atoms with E-state index < -0.39 is 10.8 Å². The van der Waals surface area contributed by atoms with E-state index >= 15 is 0 Å². The quantitative estimate of drug-likeness (QED) is 0.161. The van der Waals surface area contributed by atoms with Crippen LogP contribution in [-0.4, -0.2) is 20.4 Å². The van der Waals surface area contributed by atoms with Gasteiger partial charge in [0.15, 0.2) is 0 Å². The summed E-state index contributed by atoms with van der Waals surface area (Å²) >= 11 is 20.8. The molecule has 0 fully saturated rings. The summed E-state index contributed by atoms with van der Waals surface area (Å²) in [5, 5.41) is 42.9. The Bertz CT molecular complexity index is 1490. The van der Waals surface area contributed by atoms with Crippen molar-refractivity contribution in [2.45, 2.75) is 38.5 Å². The molecule has 4 nitrogen and oxygen atoms in total. The lowest BCUT2D eigenvalue weighted by atomic mass is 9.76. The van der Waals surface area contributed by atoms with E-state index in [1.165, 1.54) is 0 Å². The number of phenols is 4. The molecular formula is C30H24Br6O4. The summed E-state index contributed by atoms with van der Waals surface area (Å²) in [6, 6.07) is 14.9. The lowest BCUT2D eigenvalue weighted by Crippen LogP contribution is -2.20. The Morgan fingerprint density at radius 3 is 0.825 bits per heavy atom. The van der Waals surface area contributed by atoms with E-state index in [2.05, 4.69) is 123 Å². The molecule has 0 heterocycles. The molecule has 10 heteroatoms. The standard InChI is InChI=1S/C30H24Br6O4/c1-29(2,15-9-21(33)27(39)22(34)10-15)13-5-17(25(37)19(31)7-13)18-6-14(8-20(32)26(18)38)30(3,4)16-11-23(35)28(40)24(36)12-16/h5-12,37-40H,1-4H3. The van der Waals surface area contributed by atoms with Crippen LogP contribution < -0.4 is 0 Å². The maximum absolute atomic E-state index is 11.2. The van der Waals surface area contributed by atoms with Gasteiger partial charge in [0.05, 0.1) is 26.8 Å². The van der Waals surface area contributed by atoms with Crippen LogP contribution in [0.15, 0.2) is 75.4 Å². The lowest BCUT2D eigenvalue weighted by molar-refractivity contribution is 0.464. The minimum Gasteiger partial charge on any atom is -0.506 e. The van der Waals surface area contributed by atoms with Crippen LogP contribution in [0.1, 0.15) is 49.9 Å². The van der Waals surface area contributed by atoms with Crippen LogP contribution in [0.3, 0.4) is 0 Å². The maximum atomic E-state index is 11.2. The van der Waals surface area contributed by atoms with Gasteiger partial charge in [-0.15, -0.1) is 0 Å². The van der Waals surface area contributed by atoms with Crippen molar-refractivity contribution >= 4 is 95.6 Å². The summed E-state index contributed by atoms with van der Waals surface area (Å²) in [6.45, 7) is 8.21. The van der Waals surface area contributed by atoms with Crippen molar-refractivity contribution in [3.05, 3.63) is 97.6 Å². The molecule has 0 saturated heterocycles. The molecule has 0 unspecified atom stereocenters. The largest absolute Gasteiger partial charge is 0.506 e. The van der Waals surface area contributed by atoms with E-state index in [1.807, 2.05) is 48.5 Å². The predicted molar refractivity (Wildman–Crippen MR) is 182 cm³/mol. The van der Waals surface area contributed by atoms with Gasteiger partial charge >= 0.3 is 0 Å². The highest BCUT2D eigenvalue weighted by Crippen LogP contribution is 2.49. The zero-order chi connectivity index (χ0) is 29.9. The van der Waals surface area contributed by atoms with E-state index in [1.54, 1.807) is 0 Å². The van der Waals surface area contributed by atoms with Gasteiger partial charge in [-0.1, -0.05) is 27.7 Å². The average molecular weight is 928 g/mol. The van der Waals surface area contributed by atoms with Crippen LogP contribution in [0, 0.1) is 0 Å². The third-order valence-electron chi connectivity index (χ3n) is 7.34. The highest BCUT2D eigenvalue weighted by molar-refractivity contribution is 9.11. The third-order valence-corrected chi connectivity index (χ3v) is 11.0. The van der Waals surface area contributed by atoms with Crippen molar-refractivity contribution in [3.8, 4) is 34.1 Å². The molecule has 210 valence electrons. The molecule has 0 amide bonds. The minimum atomic E-state index is -0.544. The van der Waals surface area contributed by atoms with Gasteiger partial charge in [-0.25, -0.2) is 0 Å². The van der Waals surface area contributed by atoms with Crippen LogP contribution in [0.25, 0.3) is 11.1 Å². The summed E-state index contributed by atoms with van der Waals surface area (Å²) < 4.78 is 3.21. The second kappa shape index (κ2) is 11.6. The summed E-state index contributed by atoms with van der Waals surface area (Å²) in [6.07, 6.45) is 0. The Hall–Kier alpha value is -1.04. The van der Waals surface area contributed by atoms with Crippen molar-refractivity contribution < 1.29 is 20.4 Å². The predicted octanol–water partition coefficient (Wildman–Crippen LogP) is 11.4. The lowest BCUT2D eigenvalue weighted by Gasteiger charge is -2.29. The Labute approximate surface area is 283 Å². The molecule has 0 radical (unpaired) electrons. The number of hydrogen-bond donors (Lipinski definition) is 4. The van der Waals surface area contributed by atoms with Crippen LogP contribution >= 0.6 is 95.6 Å². The van der Waals surface area contributed by atoms with Gasteiger partial charge in [-0.2, -0.15) is 0 Å². The van der Waals surface area contributed by atoms with Crippen LogP contribution in [0.2, 0.25) is 0 Å². The van der Waals surface area contributed by atoms with Gasteiger partial charge < -0.3 is 20.4 Å². The molecule has 0 aromatic heterocycles. The SMILES string of the molecule is CC(C)(c1cc(Br)c(O)c(Br)c1)c1cc(Br)c(O)c(-c2cc(C(C)(C)c3cc(Br)c(O)c(Br)c3)cc(Br)c2O)c1. The first kappa shape index (κ1) is 31.9. The molecule has 0 saturated carbocycles. The Balaban J connectivity index is 1.93. The minimum absolute atomic E-state index is 0.0000966. The fraction of sp³-hybridized carbons (Fsp3) is 0.200. The first-order chi connectivity index (χ1) is 18.5. The van der Waals surface area contributed by atoms with Crippen molar-refractivity contribution in [3.63, 3.8) is 0 Å². The van der Waals surface area contributed by atoms with Crippen molar-refractivity contribution in [2.75, 3.05) is 0 Å². The van der Waals surface area contributed by atoms with E-state index in [0.29, 0.717) is 38.0 Å². The highest BCUT2D eigenvalue weighted by atomic mass is 79.9. The summed E-state index contributed by atoms with van der Waals surface area (Å²) in [5.74, 6) is 0.239. The maximum Gasteiger partial charge on any atom is 0.143 e. The second-order valence-electron chi connectivity index (χ2n) is 10.5. The fourth-order valence-corrected chi connectivity index (χ4v) is 7.81. The Kier molecular flexibility index (Phi) is 9.22. The van der Waals surface area contributed by atoms with Crippen LogP contribution in [-0.2, 0) is 10.8 Å². The van der Waals surface area contributed by atoms with Gasteiger partial charge in [0.25, 0.3) is 0 Å². The summed E-state index contributed by atoms with van der Waals surface area (Å²) in [7, 11) is 0. The normalized spacial score (nSPS) is 12.2. The van der Waals surface area contributed by atoms with Gasteiger partial charge in [0.1, 0.15) is 23.0 Å². The van der Waals surface area contributed by atoms with E-state index in [-0.39, 0.29) is 23.0 Å². The molecule has 0 aliphatic rings. The molecule has 0 atom stereocenters. The average Bonchev–Trinajstić information content (AvgIpc) is 2.88. The van der Waals surface area contributed by atoms with Crippen LogP contribution in [0.4, 0.5) is 0 Å². The Morgan fingerprint density at radius 1 is 0.375 bits per heavy atom. The first-order valence-corrected chi connectivity index (χ1v) is 16.7. The van der Waals surface area contributed by atoms with E-state index in [9.17, 15) is 20.4 Å². The fourth-order valence-electron chi connectivity index (χ4n) is 4.52. The smallest absolute Gasteiger partial charge is 0.143 e. The van der Waals surface area contributed by atoms with Crippen LogP contribution in [0.5, 0.6) is 23.0 Å². The number of rotatable bonds is 5. The van der Waals surface area contributed by atoms with Crippen molar-refractivity contribution in [2.24, 2.45) is 0 Å². The van der Waals surface area contributed by atoms with Crippen molar-refractivity contribution in [1.29, 1.82) is 0 Å². The van der Waals surface area contributed by atoms with Crippen molar-refractivity contribution in [1.82, 2.24) is 0 Å². The second-order valence-corrected chi connectivity index (χ2v) is 15.7. The topological polar surface area (TPSA) is 80.9 Å². The van der Waals surface area contributed by atoms with E-state index in [4.69, 9.17) is 0 Å². The summed E-state index contributed by atoms with van der Waals surface area (Å²) in [4.78, 5) is 0.